The van der Waals surface area contributed by atoms with E-state index < -0.39 is 0 Å². The number of anilines is 1. The zero-order valence-corrected chi connectivity index (χ0v) is 15.4. The molecule has 0 radical (unpaired) electrons. The molecule has 1 saturated heterocycles. The van der Waals surface area contributed by atoms with Gasteiger partial charge in [0, 0.05) is 28.9 Å². The largest absolute Gasteiger partial charge is 0.368 e. The van der Waals surface area contributed by atoms with Crippen LogP contribution in [0.5, 0.6) is 0 Å². The first-order chi connectivity index (χ1) is 13.1. The van der Waals surface area contributed by atoms with Gasteiger partial charge in [-0.1, -0.05) is 41.9 Å². The topological polar surface area (TPSA) is 72.1 Å². The zero-order valence-electron chi connectivity index (χ0n) is 14.7. The third kappa shape index (κ3) is 3.51. The van der Waals surface area contributed by atoms with Crippen molar-refractivity contribution in [3.63, 3.8) is 0 Å². The molecule has 1 fully saturated rings. The molecule has 1 amide bonds. The molecule has 3 aromatic rings. The van der Waals surface area contributed by atoms with Crippen LogP contribution in [0.3, 0.4) is 0 Å². The van der Waals surface area contributed by atoms with E-state index in [4.69, 9.17) is 17.3 Å². The van der Waals surface area contributed by atoms with Crippen molar-refractivity contribution in [3.05, 3.63) is 77.1 Å². The number of nitrogens with zero attached hydrogens (tertiary/aromatic N) is 3. The van der Waals surface area contributed by atoms with Crippen LogP contribution in [0.2, 0.25) is 5.02 Å². The van der Waals surface area contributed by atoms with Crippen LogP contribution in [0.4, 0.5) is 5.95 Å². The van der Waals surface area contributed by atoms with Crippen LogP contribution in [-0.2, 0) is 0 Å². The summed E-state index contributed by atoms with van der Waals surface area (Å²) >= 11 is 6.02. The number of rotatable bonds is 3. The number of nitrogen functional groups attached to an aromatic ring is 1. The Morgan fingerprint density at radius 2 is 1.85 bits per heavy atom. The summed E-state index contributed by atoms with van der Waals surface area (Å²) in [4.78, 5) is 23.6. The molecule has 0 aliphatic carbocycles. The Labute approximate surface area is 162 Å². The Kier molecular flexibility index (Phi) is 4.77. The molecule has 6 heteroatoms. The molecule has 0 bridgehead atoms. The molecular weight excluding hydrogens is 360 g/mol. The second-order valence-corrected chi connectivity index (χ2v) is 6.99. The van der Waals surface area contributed by atoms with Crippen LogP contribution >= 0.6 is 11.6 Å². The lowest BCUT2D eigenvalue weighted by Gasteiger charge is -2.26. The number of halogens is 1. The lowest BCUT2D eigenvalue weighted by Crippen LogP contribution is -2.31. The number of carbonyl (C=O) groups excluding carboxylic acids is 1. The third-order valence-corrected chi connectivity index (χ3v) is 5.09. The maximum absolute atomic E-state index is 13.0. The van der Waals surface area contributed by atoms with Crippen LogP contribution in [0.15, 0.2) is 60.8 Å². The van der Waals surface area contributed by atoms with Crippen molar-refractivity contribution >= 4 is 23.5 Å². The first kappa shape index (κ1) is 17.5. The molecule has 1 aliphatic rings. The molecule has 136 valence electrons. The van der Waals surface area contributed by atoms with Gasteiger partial charge in [-0.3, -0.25) is 4.79 Å². The lowest BCUT2D eigenvalue weighted by molar-refractivity contribution is 0.0733. The number of hydrogen-bond acceptors (Lipinski definition) is 4. The molecule has 0 unspecified atom stereocenters. The summed E-state index contributed by atoms with van der Waals surface area (Å²) in [5.74, 6) is 0.221. The van der Waals surface area contributed by atoms with E-state index in [-0.39, 0.29) is 17.9 Å². The highest BCUT2D eigenvalue weighted by Gasteiger charge is 2.33. The van der Waals surface area contributed by atoms with Crippen molar-refractivity contribution < 1.29 is 4.79 Å². The van der Waals surface area contributed by atoms with Crippen LogP contribution in [0.1, 0.15) is 34.9 Å². The Balaban J connectivity index is 1.74. The molecule has 1 aliphatic heterocycles. The summed E-state index contributed by atoms with van der Waals surface area (Å²) in [6.45, 7) is 0.697. The van der Waals surface area contributed by atoms with E-state index in [2.05, 4.69) is 9.97 Å². The fraction of sp³-hybridized carbons (Fsp3) is 0.190. The van der Waals surface area contributed by atoms with E-state index >= 15 is 0 Å². The van der Waals surface area contributed by atoms with Crippen molar-refractivity contribution in [3.8, 4) is 11.1 Å². The summed E-state index contributed by atoms with van der Waals surface area (Å²) < 4.78 is 0. The molecule has 0 spiro atoms. The highest BCUT2D eigenvalue weighted by molar-refractivity contribution is 6.30. The average Bonchev–Trinajstić information content (AvgIpc) is 3.18. The number of aromatic nitrogens is 2. The van der Waals surface area contributed by atoms with Gasteiger partial charge < -0.3 is 10.6 Å². The monoisotopic (exact) mass is 378 g/mol. The van der Waals surface area contributed by atoms with Gasteiger partial charge in [0.05, 0.1) is 11.7 Å². The standard InChI is InChI=1S/C21H19ClN4O/c22-16-10-8-14(9-11-16)17-13-24-21(23)25-19(17)18-7-4-12-26(18)20(27)15-5-2-1-3-6-15/h1-3,5-6,8-11,13,18H,4,7,12H2,(H2,23,24,25)/t18-/m0/s1. The van der Waals surface area contributed by atoms with Crippen molar-refractivity contribution in [1.82, 2.24) is 14.9 Å². The molecule has 2 aromatic carbocycles. The number of likely N-dealkylation sites (tertiary alicyclic amines) is 1. The molecule has 27 heavy (non-hydrogen) atoms. The Morgan fingerprint density at radius 3 is 2.59 bits per heavy atom. The highest BCUT2D eigenvalue weighted by Crippen LogP contribution is 2.37. The molecule has 1 aromatic heterocycles. The van der Waals surface area contributed by atoms with E-state index in [9.17, 15) is 4.79 Å². The SMILES string of the molecule is Nc1ncc(-c2ccc(Cl)cc2)c([C@@H]2CCCN2C(=O)c2ccccc2)n1. The van der Waals surface area contributed by atoms with Crippen molar-refractivity contribution in [2.75, 3.05) is 12.3 Å². The van der Waals surface area contributed by atoms with Crippen LogP contribution < -0.4 is 5.73 Å². The Hall–Kier alpha value is -2.92. The van der Waals surface area contributed by atoms with Gasteiger partial charge in [-0.15, -0.1) is 0 Å². The van der Waals surface area contributed by atoms with E-state index in [0.717, 1.165) is 29.7 Å². The summed E-state index contributed by atoms with van der Waals surface area (Å²) in [7, 11) is 0. The minimum Gasteiger partial charge on any atom is -0.368 e. The number of benzene rings is 2. The summed E-state index contributed by atoms with van der Waals surface area (Å²) in [6, 6.07) is 16.7. The summed E-state index contributed by atoms with van der Waals surface area (Å²) in [5.41, 5.74) is 9.17. The number of amides is 1. The predicted octanol–water partition coefficient (Wildman–Crippen LogP) is 4.36. The van der Waals surface area contributed by atoms with Crippen molar-refractivity contribution in [1.29, 1.82) is 0 Å². The molecule has 5 nitrogen and oxygen atoms in total. The van der Waals surface area contributed by atoms with Gasteiger partial charge in [0.1, 0.15) is 0 Å². The van der Waals surface area contributed by atoms with Gasteiger partial charge in [0.25, 0.3) is 5.91 Å². The second kappa shape index (κ2) is 7.37. The van der Waals surface area contributed by atoms with E-state index in [1.165, 1.54) is 0 Å². The van der Waals surface area contributed by atoms with Crippen molar-refractivity contribution in [2.24, 2.45) is 0 Å². The second-order valence-electron chi connectivity index (χ2n) is 6.56. The summed E-state index contributed by atoms with van der Waals surface area (Å²) in [5, 5.41) is 0.665. The van der Waals surface area contributed by atoms with Gasteiger partial charge >= 0.3 is 0 Å². The maximum Gasteiger partial charge on any atom is 0.254 e. The van der Waals surface area contributed by atoms with Gasteiger partial charge in [0.2, 0.25) is 5.95 Å². The molecule has 2 N–H and O–H groups in total. The minimum absolute atomic E-state index is 0.0114. The van der Waals surface area contributed by atoms with Gasteiger partial charge in [-0.2, -0.15) is 0 Å². The maximum atomic E-state index is 13.0. The third-order valence-electron chi connectivity index (χ3n) is 4.84. The smallest absolute Gasteiger partial charge is 0.254 e. The van der Waals surface area contributed by atoms with E-state index in [1.807, 2.05) is 59.5 Å². The quantitative estimate of drug-likeness (QED) is 0.735. The van der Waals surface area contributed by atoms with Crippen LogP contribution in [-0.4, -0.2) is 27.3 Å². The average molecular weight is 379 g/mol. The summed E-state index contributed by atoms with van der Waals surface area (Å²) in [6.07, 6.45) is 3.49. The van der Waals surface area contributed by atoms with Crippen LogP contribution in [0, 0.1) is 0 Å². The molecule has 4 rings (SSSR count). The Morgan fingerprint density at radius 1 is 1.11 bits per heavy atom. The minimum atomic E-state index is -0.131. The molecule has 2 heterocycles. The lowest BCUT2D eigenvalue weighted by atomic mass is 9.99. The molecule has 0 saturated carbocycles. The highest BCUT2D eigenvalue weighted by atomic mass is 35.5. The first-order valence-electron chi connectivity index (χ1n) is 8.88. The molecular formula is C21H19ClN4O. The van der Waals surface area contributed by atoms with Gasteiger partial charge in [-0.05, 0) is 42.7 Å². The molecule has 1 atom stereocenters. The van der Waals surface area contributed by atoms with Gasteiger partial charge in [0.15, 0.2) is 0 Å². The normalized spacial score (nSPS) is 16.5. The van der Waals surface area contributed by atoms with Crippen LogP contribution in [0.25, 0.3) is 11.1 Å². The fourth-order valence-electron chi connectivity index (χ4n) is 3.56. The Bertz CT molecular complexity index is 960. The zero-order chi connectivity index (χ0) is 18.8. The van der Waals surface area contributed by atoms with Crippen molar-refractivity contribution in [2.45, 2.75) is 18.9 Å². The first-order valence-corrected chi connectivity index (χ1v) is 9.25. The number of hydrogen-bond donors (Lipinski definition) is 1. The van der Waals surface area contributed by atoms with E-state index in [0.29, 0.717) is 17.1 Å². The van der Waals surface area contributed by atoms with E-state index in [1.54, 1.807) is 6.20 Å². The predicted molar refractivity (Wildman–Crippen MR) is 106 cm³/mol. The van der Waals surface area contributed by atoms with Gasteiger partial charge in [-0.25, -0.2) is 9.97 Å². The number of nitrogens with two attached hydrogens (primary N) is 1. The fourth-order valence-corrected chi connectivity index (χ4v) is 3.68. The number of carbonyl (C=O) groups is 1.